The van der Waals surface area contributed by atoms with Crippen molar-refractivity contribution >= 4 is 38.3 Å². The van der Waals surface area contributed by atoms with Gasteiger partial charge < -0.3 is 4.98 Å². The lowest BCUT2D eigenvalue weighted by molar-refractivity contribution is 0.0818. The predicted octanol–water partition coefficient (Wildman–Crippen LogP) is 4.85. The van der Waals surface area contributed by atoms with Crippen LogP contribution in [0.25, 0.3) is 22.0 Å². The Hall–Kier alpha value is -3.97. The Balaban J connectivity index is 1.98. The van der Waals surface area contributed by atoms with Crippen LogP contribution in [0.15, 0.2) is 91.5 Å². The number of nitrogens with zero attached hydrogens (tertiary/aromatic N) is 1. The molecule has 1 heterocycles. The first-order valence-electron chi connectivity index (χ1n) is 10.3. The van der Waals surface area contributed by atoms with E-state index in [0.717, 1.165) is 11.8 Å². The molecule has 0 aliphatic rings. The third-order valence-electron chi connectivity index (χ3n) is 5.31. The Bertz CT molecular complexity index is 1460. The van der Waals surface area contributed by atoms with E-state index in [2.05, 4.69) is 11.6 Å². The van der Waals surface area contributed by atoms with Gasteiger partial charge in [-0.25, -0.2) is 8.42 Å². The number of aromatic amines is 1. The number of anilines is 1. The van der Waals surface area contributed by atoms with Crippen molar-refractivity contribution in [1.82, 2.24) is 4.98 Å². The molecule has 0 fully saturated rings. The Morgan fingerprint density at radius 1 is 0.909 bits per heavy atom. The number of ketones is 2. The van der Waals surface area contributed by atoms with E-state index in [-0.39, 0.29) is 12.1 Å². The first-order valence-corrected chi connectivity index (χ1v) is 12.1. The molecule has 1 N–H and O–H groups in total. The summed E-state index contributed by atoms with van der Waals surface area (Å²) < 4.78 is 26.5. The monoisotopic (exact) mass is 458 g/mol. The summed E-state index contributed by atoms with van der Waals surface area (Å²) in [6.07, 6.45) is 2.61. The Morgan fingerprint density at radius 2 is 1.55 bits per heavy atom. The second-order valence-corrected chi connectivity index (χ2v) is 9.46. The van der Waals surface area contributed by atoms with E-state index in [1.54, 1.807) is 48.5 Å². The zero-order chi connectivity index (χ0) is 23.6. The molecule has 6 nitrogen and oxygen atoms in total. The number of para-hydroxylation sites is 1. The molecule has 0 atom stereocenters. The molecule has 0 aliphatic carbocycles. The largest absolute Gasteiger partial charge is 0.339 e. The van der Waals surface area contributed by atoms with Crippen LogP contribution in [-0.2, 0) is 10.0 Å². The van der Waals surface area contributed by atoms with Crippen LogP contribution in [0.2, 0.25) is 0 Å². The van der Waals surface area contributed by atoms with Crippen molar-refractivity contribution in [3.05, 3.63) is 103 Å². The van der Waals surface area contributed by atoms with Gasteiger partial charge in [-0.15, -0.1) is 6.58 Å². The second-order valence-electron chi connectivity index (χ2n) is 7.55. The first-order chi connectivity index (χ1) is 15.8. The van der Waals surface area contributed by atoms with Crippen LogP contribution < -0.4 is 4.31 Å². The summed E-state index contributed by atoms with van der Waals surface area (Å²) in [5.41, 5.74) is 2.27. The van der Waals surface area contributed by atoms with Crippen molar-refractivity contribution in [2.45, 2.75) is 0 Å². The molecule has 1 aromatic heterocycles. The summed E-state index contributed by atoms with van der Waals surface area (Å²) in [4.78, 5) is 29.2. The van der Waals surface area contributed by atoms with Gasteiger partial charge in [-0.1, -0.05) is 78.9 Å². The van der Waals surface area contributed by atoms with Crippen LogP contribution in [0.4, 0.5) is 5.82 Å². The summed E-state index contributed by atoms with van der Waals surface area (Å²) in [6.45, 7) is 3.72. The number of hydrogen-bond donors (Lipinski definition) is 1. The van der Waals surface area contributed by atoms with Crippen LogP contribution >= 0.6 is 0 Å². The standard InChI is InChI=1S/C26H22N2O4S/c1-3-17-28(33(2,31)32)26-22(18-11-6-4-7-12-18)20-15-10-16-21(23(20)27-26)25(30)24(29)19-13-8-5-9-14-19/h3-16,27H,1,17H2,2H3. The summed E-state index contributed by atoms with van der Waals surface area (Å²) in [5, 5.41) is 0.639. The van der Waals surface area contributed by atoms with Crippen molar-refractivity contribution in [3.63, 3.8) is 0 Å². The summed E-state index contributed by atoms with van der Waals surface area (Å²) in [5.74, 6) is -0.994. The summed E-state index contributed by atoms with van der Waals surface area (Å²) in [6, 6.07) is 22.7. The number of carbonyl (C=O) groups excluding carboxylic acids is 2. The van der Waals surface area contributed by atoms with Gasteiger partial charge in [0.25, 0.3) is 0 Å². The molecule has 0 bridgehead atoms. The molecule has 0 amide bonds. The van der Waals surface area contributed by atoms with Crippen molar-refractivity contribution in [2.24, 2.45) is 0 Å². The van der Waals surface area contributed by atoms with Gasteiger partial charge in [0.2, 0.25) is 21.6 Å². The van der Waals surface area contributed by atoms with Crippen LogP contribution in [0.3, 0.4) is 0 Å². The van der Waals surface area contributed by atoms with E-state index in [1.165, 1.54) is 10.4 Å². The molecule has 0 aliphatic heterocycles. The van der Waals surface area contributed by atoms with Crippen LogP contribution in [0.1, 0.15) is 20.7 Å². The SMILES string of the molecule is C=CCN(c1[nH]c2c(C(=O)C(=O)c3ccccc3)cccc2c1-c1ccccc1)S(C)(=O)=O. The maximum absolute atomic E-state index is 13.2. The van der Waals surface area contributed by atoms with Gasteiger partial charge in [0, 0.05) is 16.5 Å². The minimum Gasteiger partial charge on any atom is -0.339 e. The quantitative estimate of drug-likeness (QED) is 0.232. The highest BCUT2D eigenvalue weighted by molar-refractivity contribution is 7.92. The fraction of sp³-hybridized carbons (Fsp3) is 0.0769. The zero-order valence-corrected chi connectivity index (χ0v) is 18.8. The molecule has 4 rings (SSSR count). The average molecular weight is 459 g/mol. The number of fused-ring (bicyclic) bond motifs is 1. The van der Waals surface area contributed by atoms with Crippen molar-refractivity contribution < 1.29 is 18.0 Å². The lowest BCUT2D eigenvalue weighted by atomic mass is 9.97. The highest BCUT2D eigenvalue weighted by Crippen LogP contribution is 2.40. The Kier molecular flexibility index (Phi) is 5.98. The summed E-state index contributed by atoms with van der Waals surface area (Å²) in [7, 11) is -3.67. The van der Waals surface area contributed by atoms with Crippen LogP contribution in [0, 0.1) is 0 Å². The van der Waals surface area contributed by atoms with E-state index in [4.69, 9.17) is 0 Å². The number of carbonyl (C=O) groups is 2. The molecule has 3 aromatic carbocycles. The van der Waals surface area contributed by atoms with E-state index >= 15 is 0 Å². The van der Waals surface area contributed by atoms with Gasteiger partial charge in [-0.05, 0) is 11.6 Å². The number of rotatable bonds is 8. The van der Waals surface area contributed by atoms with E-state index < -0.39 is 21.6 Å². The third kappa shape index (κ3) is 4.23. The first kappa shape index (κ1) is 22.2. The van der Waals surface area contributed by atoms with Gasteiger partial charge in [-0.2, -0.15) is 0 Å². The van der Waals surface area contributed by atoms with E-state index in [0.29, 0.717) is 27.8 Å². The fourth-order valence-corrected chi connectivity index (χ4v) is 4.67. The number of sulfonamides is 1. The topological polar surface area (TPSA) is 87.3 Å². The molecule has 0 saturated heterocycles. The molecule has 7 heteroatoms. The van der Waals surface area contributed by atoms with Gasteiger partial charge in [0.1, 0.15) is 5.82 Å². The van der Waals surface area contributed by atoms with E-state index in [9.17, 15) is 18.0 Å². The molecule has 4 aromatic rings. The molecular weight excluding hydrogens is 436 g/mol. The van der Waals surface area contributed by atoms with Gasteiger partial charge in [0.05, 0.1) is 23.9 Å². The maximum atomic E-state index is 13.2. The number of aromatic nitrogens is 1. The van der Waals surface area contributed by atoms with Gasteiger partial charge >= 0.3 is 0 Å². The fourth-order valence-electron chi connectivity index (χ4n) is 3.83. The minimum absolute atomic E-state index is 0.0394. The number of nitrogens with one attached hydrogen (secondary N) is 1. The van der Waals surface area contributed by atoms with Crippen molar-refractivity contribution in [2.75, 3.05) is 17.1 Å². The molecular formula is C26H22N2O4S. The predicted molar refractivity (Wildman–Crippen MR) is 131 cm³/mol. The van der Waals surface area contributed by atoms with Crippen molar-refractivity contribution in [1.29, 1.82) is 0 Å². The lowest BCUT2D eigenvalue weighted by Crippen LogP contribution is -2.30. The molecule has 33 heavy (non-hydrogen) atoms. The lowest BCUT2D eigenvalue weighted by Gasteiger charge is -2.21. The average Bonchev–Trinajstić information content (AvgIpc) is 3.21. The number of Topliss-reactive ketones (excluding diaryl/α,β-unsaturated/α-hetero) is 2. The van der Waals surface area contributed by atoms with Crippen LogP contribution in [0.5, 0.6) is 0 Å². The minimum atomic E-state index is -3.67. The number of benzene rings is 3. The molecule has 0 unspecified atom stereocenters. The van der Waals surface area contributed by atoms with Gasteiger partial charge in [-0.3, -0.25) is 13.9 Å². The van der Waals surface area contributed by atoms with E-state index in [1.807, 2.05) is 30.3 Å². The Morgan fingerprint density at radius 3 is 2.15 bits per heavy atom. The number of hydrogen-bond acceptors (Lipinski definition) is 4. The smallest absolute Gasteiger partial charge is 0.235 e. The summed E-state index contributed by atoms with van der Waals surface area (Å²) >= 11 is 0. The third-order valence-corrected chi connectivity index (χ3v) is 6.44. The highest BCUT2D eigenvalue weighted by atomic mass is 32.2. The second kappa shape index (κ2) is 8.88. The molecule has 0 spiro atoms. The molecule has 0 radical (unpaired) electrons. The Labute approximate surface area is 192 Å². The van der Waals surface area contributed by atoms with Crippen molar-refractivity contribution in [3.8, 4) is 11.1 Å². The molecule has 166 valence electrons. The van der Waals surface area contributed by atoms with Crippen LogP contribution in [-0.4, -0.2) is 37.8 Å². The molecule has 0 saturated carbocycles. The number of H-pyrrole nitrogens is 1. The maximum Gasteiger partial charge on any atom is 0.235 e. The highest BCUT2D eigenvalue weighted by Gasteiger charge is 2.27. The van der Waals surface area contributed by atoms with Gasteiger partial charge in [0.15, 0.2) is 0 Å². The normalized spacial score (nSPS) is 11.3. The zero-order valence-electron chi connectivity index (χ0n) is 18.0.